The minimum Gasteiger partial charge on any atom is -0.462 e. The maximum atomic E-state index is 12.7. The fourth-order valence-electron chi connectivity index (χ4n) is 6.93. The SMILES string of the molecule is CCCCCCCCCC(=O)OC[C@H](COC(=O)CCCCCCCCCCCC(C)C)OC(=O)CCCCCCCCCCCCCCCC(C)C. The third-order valence-corrected chi connectivity index (χ3v) is 10.5. The largest absolute Gasteiger partial charge is 0.462 e. The minimum atomic E-state index is -0.759. The van der Waals surface area contributed by atoms with E-state index in [4.69, 9.17) is 14.2 Å². The van der Waals surface area contributed by atoms with Crippen LogP contribution in [0, 0.1) is 11.8 Å². The van der Waals surface area contributed by atoms with Gasteiger partial charge in [-0.2, -0.15) is 0 Å². The molecule has 314 valence electrons. The van der Waals surface area contributed by atoms with Crippen LogP contribution in [0.3, 0.4) is 0 Å². The van der Waals surface area contributed by atoms with Gasteiger partial charge in [0, 0.05) is 19.3 Å². The van der Waals surface area contributed by atoms with Crippen LogP contribution in [0.25, 0.3) is 0 Å². The molecule has 0 rings (SSSR count). The molecule has 0 aromatic rings. The standard InChI is InChI=1S/C47H90O6/c1-6-7-8-9-20-27-32-37-45(48)51-40-44(41-52-46(49)38-33-28-23-19-15-17-22-26-31-36-43(4)5)53-47(50)39-34-29-24-18-14-12-10-11-13-16-21-25-30-35-42(2)3/h42-44H,6-41H2,1-5H3/t44-/m1/s1. The van der Waals surface area contributed by atoms with Crippen molar-refractivity contribution in [1.82, 2.24) is 0 Å². The highest BCUT2D eigenvalue weighted by atomic mass is 16.6. The van der Waals surface area contributed by atoms with Crippen LogP contribution in [0.1, 0.15) is 253 Å². The highest BCUT2D eigenvalue weighted by Gasteiger charge is 2.19. The van der Waals surface area contributed by atoms with E-state index in [0.717, 1.165) is 69.6 Å². The lowest BCUT2D eigenvalue weighted by molar-refractivity contribution is -0.167. The number of hydrogen-bond acceptors (Lipinski definition) is 6. The van der Waals surface area contributed by atoms with E-state index < -0.39 is 6.10 Å². The molecule has 0 aromatic carbocycles. The van der Waals surface area contributed by atoms with Crippen LogP contribution in [0.15, 0.2) is 0 Å². The van der Waals surface area contributed by atoms with E-state index in [0.29, 0.717) is 19.3 Å². The summed E-state index contributed by atoms with van der Waals surface area (Å²) in [6.45, 7) is 11.3. The molecule has 0 radical (unpaired) electrons. The van der Waals surface area contributed by atoms with Gasteiger partial charge in [-0.15, -0.1) is 0 Å². The summed E-state index contributed by atoms with van der Waals surface area (Å²) in [6.07, 6.45) is 38.1. The summed E-state index contributed by atoms with van der Waals surface area (Å²) in [5.41, 5.74) is 0. The normalized spacial score (nSPS) is 12.1. The van der Waals surface area contributed by atoms with Gasteiger partial charge in [-0.25, -0.2) is 0 Å². The Balaban J connectivity index is 4.25. The Morgan fingerprint density at radius 1 is 0.358 bits per heavy atom. The number of hydrogen-bond donors (Lipinski definition) is 0. The summed E-state index contributed by atoms with van der Waals surface area (Å²) in [6, 6.07) is 0. The maximum absolute atomic E-state index is 12.7. The molecule has 0 unspecified atom stereocenters. The second-order valence-electron chi connectivity index (χ2n) is 17.0. The molecule has 0 bridgehead atoms. The predicted octanol–water partition coefficient (Wildman–Crippen LogP) is 14.6. The van der Waals surface area contributed by atoms with E-state index in [1.54, 1.807) is 0 Å². The van der Waals surface area contributed by atoms with Gasteiger partial charge >= 0.3 is 17.9 Å². The lowest BCUT2D eigenvalue weighted by atomic mass is 10.0. The Labute approximate surface area is 329 Å². The smallest absolute Gasteiger partial charge is 0.306 e. The van der Waals surface area contributed by atoms with Crippen molar-refractivity contribution in [3.63, 3.8) is 0 Å². The molecule has 0 amide bonds. The first-order chi connectivity index (χ1) is 25.7. The van der Waals surface area contributed by atoms with Gasteiger partial charge in [-0.05, 0) is 31.1 Å². The molecule has 0 aliphatic carbocycles. The molecule has 0 aromatic heterocycles. The van der Waals surface area contributed by atoms with Crippen molar-refractivity contribution in [2.45, 2.75) is 259 Å². The average molecular weight is 751 g/mol. The first-order valence-electron chi connectivity index (χ1n) is 23.2. The molecule has 0 fully saturated rings. The Hall–Kier alpha value is -1.59. The van der Waals surface area contributed by atoms with Gasteiger partial charge in [0.25, 0.3) is 0 Å². The molecule has 0 N–H and O–H groups in total. The van der Waals surface area contributed by atoms with Crippen molar-refractivity contribution < 1.29 is 28.6 Å². The number of ether oxygens (including phenoxy) is 3. The number of esters is 3. The third-order valence-electron chi connectivity index (χ3n) is 10.5. The first-order valence-corrected chi connectivity index (χ1v) is 23.2. The van der Waals surface area contributed by atoms with E-state index in [2.05, 4.69) is 34.6 Å². The highest BCUT2D eigenvalue weighted by molar-refractivity contribution is 5.71. The van der Waals surface area contributed by atoms with Crippen LogP contribution < -0.4 is 0 Å². The summed E-state index contributed by atoms with van der Waals surface area (Å²) >= 11 is 0. The number of rotatable bonds is 41. The number of unbranched alkanes of at least 4 members (excludes halogenated alkanes) is 26. The zero-order chi connectivity index (χ0) is 39.0. The van der Waals surface area contributed by atoms with Gasteiger partial charge in [0.2, 0.25) is 0 Å². The van der Waals surface area contributed by atoms with E-state index in [1.165, 1.54) is 141 Å². The van der Waals surface area contributed by atoms with Crippen molar-refractivity contribution in [2.24, 2.45) is 11.8 Å². The Morgan fingerprint density at radius 3 is 0.925 bits per heavy atom. The molecule has 6 heteroatoms. The van der Waals surface area contributed by atoms with Gasteiger partial charge in [0.15, 0.2) is 6.10 Å². The van der Waals surface area contributed by atoms with Gasteiger partial charge < -0.3 is 14.2 Å². The second kappa shape index (κ2) is 40.1. The summed E-state index contributed by atoms with van der Waals surface area (Å²) in [5, 5.41) is 0. The van der Waals surface area contributed by atoms with Crippen molar-refractivity contribution in [2.75, 3.05) is 13.2 Å². The monoisotopic (exact) mass is 751 g/mol. The number of carbonyl (C=O) groups is 3. The van der Waals surface area contributed by atoms with Crippen LogP contribution in [-0.2, 0) is 28.6 Å². The van der Waals surface area contributed by atoms with E-state index in [-0.39, 0.29) is 31.1 Å². The third kappa shape index (κ3) is 41.4. The summed E-state index contributed by atoms with van der Waals surface area (Å²) in [4.78, 5) is 37.6. The predicted molar refractivity (Wildman–Crippen MR) is 224 cm³/mol. The summed E-state index contributed by atoms with van der Waals surface area (Å²) in [5.74, 6) is 0.784. The maximum Gasteiger partial charge on any atom is 0.306 e. The molecular formula is C47H90O6. The van der Waals surface area contributed by atoms with Gasteiger partial charge in [0.05, 0.1) is 0 Å². The molecule has 6 nitrogen and oxygen atoms in total. The van der Waals surface area contributed by atoms with Crippen LogP contribution in [0.2, 0.25) is 0 Å². The van der Waals surface area contributed by atoms with E-state index in [9.17, 15) is 14.4 Å². The lowest BCUT2D eigenvalue weighted by Crippen LogP contribution is -2.30. The van der Waals surface area contributed by atoms with Gasteiger partial charge in [0.1, 0.15) is 13.2 Å². The molecule has 0 aliphatic heterocycles. The zero-order valence-electron chi connectivity index (χ0n) is 36.1. The average Bonchev–Trinajstić information content (AvgIpc) is 3.12. The lowest BCUT2D eigenvalue weighted by Gasteiger charge is -2.18. The quantitative estimate of drug-likeness (QED) is 0.0352. The Kier molecular flexibility index (Phi) is 38.9. The minimum absolute atomic E-state index is 0.0653. The summed E-state index contributed by atoms with van der Waals surface area (Å²) < 4.78 is 16.7. The fraction of sp³-hybridized carbons (Fsp3) is 0.936. The van der Waals surface area contributed by atoms with Crippen molar-refractivity contribution in [3.05, 3.63) is 0 Å². The zero-order valence-corrected chi connectivity index (χ0v) is 36.1. The fourth-order valence-corrected chi connectivity index (χ4v) is 6.93. The molecule has 0 saturated heterocycles. The van der Waals surface area contributed by atoms with Crippen LogP contribution in [-0.4, -0.2) is 37.2 Å². The van der Waals surface area contributed by atoms with Crippen LogP contribution in [0.4, 0.5) is 0 Å². The summed E-state index contributed by atoms with van der Waals surface area (Å²) in [7, 11) is 0. The van der Waals surface area contributed by atoms with Crippen LogP contribution in [0.5, 0.6) is 0 Å². The molecule has 0 spiro atoms. The van der Waals surface area contributed by atoms with Gasteiger partial charge in [-0.3, -0.25) is 14.4 Å². The molecule has 0 saturated carbocycles. The van der Waals surface area contributed by atoms with Crippen molar-refractivity contribution in [3.8, 4) is 0 Å². The second-order valence-corrected chi connectivity index (χ2v) is 17.0. The van der Waals surface area contributed by atoms with E-state index in [1.807, 2.05) is 0 Å². The molecular weight excluding hydrogens is 661 g/mol. The molecule has 53 heavy (non-hydrogen) atoms. The first kappa shape index (κ1) is 51.4. The van der Waals surface area contributed by atoms with Crippen molar-refractivity contribution in [1.29, 1.82) is 0 Å². The molecule has 1 atom stereocenters. The van der Waals surface area contributed by atoms with Crippen LogP contribution >= 0.6 is 0 Å². The number of carbonyl (C=O) groups excluding carboxylic acids is 3. The Morgan fingerprint density at radius 2 is 0.623 bits per heavy atom. The van der Waals surface area contributed by atoms with Crippen molar-refractivity contribution >= 4 is 17.9 Å². The Bertz CT molecular complexity index is 809. The topological polar surface area (TPSA) is 78.9 Å². The molecule has 0 heterocycles. The van der Waals surface area contributed by atoms with Gasteiger partial charge in [-0.1, -0.05) is 214 Å². The van der Waals surface area contributed by atoms with E-state index >= 15 is 0 Å². The highest BCUT2D eigenvalue weighted by Crippen LogP contribution is 2.17. The molecule has 0 aliphatic rings.